The van der Waals surface area contributed by atoms with Crippen molar-refractivity contribution >= 4 is 0 Å². The van der Waals surface area contributed by atoms with Crippen molar-refractivity contribution < 1.29 is 9.84 Å². The summed E-state index contributed by atoms with van der Waals surface area (Å²) in [7, 11) is 0. The van der Waals surface area contributed by atoms with Crippen LogP contribution in [0.5, 0.6) is 17.4 Å². The Bertz CT molecular complexity index is 509. The molecule has 0 amide bonds. The second-order valence-electron chi connectivity index (χ2n) is 3.67. The standard InChI is InChI=1S/C13H13NO2/c1-9-6-7-14-13(8-9)16-12-5-3-4-11(15)10(12)2/h3-8,15H,1-2H3. The lowest BCUT2D eigenvalue weighted by Gasteiger charge is -2.08. The van der Waals surface area contributed by atoms with Crippen molar-refractivity contribution in [3.05, 3.63) is 47.7 Å². The molecular weight excluding hydrogens is 202 g/mol. The average molecular weight is 215 g/mol. The molecule has 3 heteroatoms. The second-order valence-corrected chi connectivity index (χ2v) is 3.67. The molecule has 1 N–H and O–H groups in total. The number of ether oxygens (including phenoxy) is 1. The van der Waals surface area contributed by atoms with Crippen LogP contribution in [0, 0.1) is 13.8 Å². The summed E-state index contributed by atoms with van der Waals surface area (Å²) in [4.78, 5) is 4.10. The SMILES string of the molecule is Cc1ccnc(Oc2cccc(O)c2C)c1. The van der Waals surface area contributed by atoms with Gasteiger partial charge in [0.15, 0.2) is 0 Å². The highest BCUT2D eigenvalue weighted by atomic mass is 16.5. The summed E-state index contributed by atoms with van der Waals surface area (Å²) >= 11 is 0. The summed E-state index contributed by atoms with van der Waals surface area (Å²) in [6, 6.07) is 8.93. The number of pyridine rings is 1. The highest BCUT2D eigenvalue weighted by Gasteiger charge is 2.05. The van der Waals surface area contributed by atoms with E-state index in [-0.39, 0.29) is 5.75 Å². The molecular formula is C13H13NO2. The van der Waals surface area contributed by atoms with Crippen LogP contribution < -0.4 is 4.74 Å². The van der Waals surface area contributed by atoms with Crippen molar-refractivity contribution in [1.82, 2.24) is 4.98 Å². The van der Waals surface area contributed by atoms with Gasteiger partial charge in [-0.3, -0.25) is 0 Å². The lowest BCUT2D eigenvalue weighted by Crippen LogP contribution is -1.90. The molecule has 3 nitrogen and oxygen atoms in total. The van der Waals surface area contributed by atoms with Crippen LogP contribution >= 0.6 is 0 Å². The number of nitrogens with zero attached hydrogens (tertiary/aromatic N) is 1. The van der Waals surface area contributed by atoms with E-state index >= 15 is 0 Å². The minimum absolute atomic E-state index is 0.227. The Balaban J connectivity index is 2.31. The third kappa shape index (κ3) is 2.14. The molecule has 1 aromatic carbocycles. The predicted octanol–water partition coefficient (Wildman–Crippen LogP) is 3.20. The van der Waals surface area contributed by atoms with Gasteiger partial charge in [-0.2, -0.15) is 0 Å². The number of benzene rings is 1. The normalized spacial score (nSPS) is 10.1. The van der Waals surface area contributed by atoms with E-state index in [2.05, 4.69) is 4.98 Å². The van der Waals surface area contributed by atoms with Crippen molar-refractivity contribution in [3.63, 3.8) is 0 Å². The second kappa shape index (κ2) is 4.23. The number of phenolic OH excluding ortho intramolecular Hbond substituents is 1. The summed E-state index contributed by atoms with van der Waals surface area (Å²) in [6.45, 7) is 3.78. The molecule has 2 rings (SSSR count). The van der Waals surface area contributed by atoms with Crippen LogP contribution in [0.3, 0.4) is 0 Å². The first kappa shape index (κ1) is 10.5. The van der Waals surface area contributed by atoms with Crippen LogP contribution in [0.4, 0.5) is 0 Å². The molecule has 0 bridgehead atoms. The largest absolute Gasteiger partial charge is 0.508 e. The van der Waals surface area contributed by atoms with Gasteiger partial charge < -0.3 is 9.84 Å². The third-order valence-corrected chi connectivity index (χ3v) is 2.36. The molecule has 0 unspecified atom stereocenters. The van der Waals surface area contributed by atoms with Gasteiger partial charge in [-0.25, -0.2) is 4.98 Å². The van der Waals surface area contributed by atoms with Crippen molar-refractivity contribution in [3.8, 4) is 17.4 Å². The lowest BCUT2D eigenvalue weighted by molar-refractivity contribution is 0.439. The molecule has 0 spiro atoms. The Labute approximate surface area is 94.3 Å². The Hall–Kier alpha value is -2.03. The fourth-order valence-corrected chi connectivity index (χ4v) is 1.39. The molecule has 1 heterocycles. The smallest absolute Gasteiger partial charge is 0.219 e. The first-order chi connectivity index (χ1) is 7.66. The highest BCUT2D eigenvalue weighted by molar-refractivity contribution is 5.44. The number of aromatic hydroxyl groups is 1. The van der Waals surface area contributed by atoms with E-state index in [4.69, 9.17) is 4.74 Å². The van der Waals surface area contributed by atoms with E-state index in [1.165, 1.54) is 0 Å². The minimum Gasteiger partial charge on any atom is -0.508 e. The molecule has 0 aliphatic rings. The summed E-state index contributed by atoms with van der Waals surface area (Å²) in [5, 5.41) is 9.53. The van der Waals surface area contributed by atoms with Crippen LogP contribution in [0.1, 0.15) is 11.1 Å². The van der Waals surface area contributed by atoms with Crippen molar-refractivity contribution in [1.29, 1.82) is 0 Å². The van der Waals surface area contributed by atoms with Crippen molar-refractivity contribution in [2.24, 2.45) is 0 Å². The number of hydrogen-bond donors (Lipinski definition) is 1. The zero-order chi connectivity index (χ0) is 11.5. The molecule has 0 aliphatic carbocycles. The number of phenols is 1. The number of rotatable bonds is 2. The average Bonchev–Trinajstić information content (AvgIpc) is 2.25. The fraction of sp³-hybridized carbons (Fsp3) is 0.154. The van der Waals surface area contributed by atoms with E-state index in [0.29, 0.717) is 17.2 Å². The van der Waals surface area contributed by atoms with Gasteiger partial charge in [0.2, 0.25) is 5.88 Å². The molecule has 0 fully saturated rings. The maximum Gasteiger partial charge on any atom is 0.219 e. The van der Waals surface area contributed by atoms with Gasteiger partial charge in [-0.15, -0.1) is 0 Å². The highest BCUT2D eigenvalue weighted by Crippen LogP contribution is 2.29. The van der Waals surface area contributed by atoms with Crippen LogP contribution in [0.25, 0.3) is 0 Å². The first-order valence-electron chi connectivity index (χ1n) is 5.06. The summed E-state index contributed by atoms with van der Waals surface area (Å²) in [6.07, 6.45) is 1.70. The summed E-state index contributed by atoms with van der Waals surface area (Å²) < 4.78 is 5.60. The van der Waals surface area contributed by atoms with E-state index in [1.807, 2.05) is 19.1 Å². The molecule has 0 saturated carbocycles. The number of hydrogen-bond acceptors (Lipinski definition) is 3. The number of aromatic nitrogens is 1. The van der Waals surface area contributed by atoms with E-state index in [1.54, 1.807) is 31.3 Å². The molecule has 16 heavy (non-hydrogen) atoms. The molecule has 2 aromatic rings. The van der Waals surface area contributed by atoms with Gasteiger partial charge in [0, 0.05) is 17.8 Å². The predicted molar refractivity (Wildman–Crippen MR) is 61.9 cm³/mol. The van der Waals surface area contributed by atoms with Crippen LogP contribution in [0.15, 0.2) is 36.5 Å². The van der Waals surface area contributed by atoms with Gasteiger partial charge in [-0.05, 0) is 37.6 Å². The maximum absolute atomic E-state index is 9.53. The first-order valence-corrected chi connectivity index (χ1v) is 5.06. The fourth-order valence-electron chi connectivity index (χ4n) is 1.39. The minimum atomic E-state index is 0.227. The molecule has 0 aliphatic heterocycles. The Morgan fingerprint density at radius 1 is 1.19 bits per heavy atom. The van der Waals surface area contributed by atoms with Gasteiger partial charge in [-0.1, -0.05) is 6.07 Å². The quantitative estimate of drug-likeness (QED) is 0.836. The lowest BCUT2D eigenvalue weighted by atomic mass is 10.2. The molecule has 82 valence electrons. The van der Waals surface area contributed by atoms with Gasteiger partial charge >= 0.3 is 0 Å². The molecule has 0 atom stereocenters. The Kier molecular flexibility index (Phi) is 2.77. The molecule has 0 saturated heterocycles. The van der Waals surface area contributed by atoms with Gasteiger partial charge in [0.05, 0.1) is 0 Å². The summed E-state index contributed by atoms with van der Waals surface area (Å²) in [5.41, 5.74) is 1.80. The van der Waals surface area contributed by atoms with Crippen LogP contribution in [0.2, 0.25) is 0 Å². The van der Waals surface area contributed by atoms with E-state index in [9.17, 15) is 5.11 Å². The zero-order valence-electron chi connectivity index (χ0n) is 9.27. The van der Waals surface area contributed by atoms with Crippen LogP contribution in [-0.2, 0) is 0 Å². The van der Waals surface area contributed by atoms with Crippen LogP contribution in [-0.4, -0.2) is 10.1 Å². The molecule has 0 radical (unpaired) electrons. The van der Waals surface area contributed by atoms with E-state index in [0.717, 1.165) is 5.56 Å². The topological polar surface area (TPSA) is 42.4 Å². The van der Waals surface area contributed by atoms with Crippen molar-refractivity contribution in [2.75, 3.05) is 0 Å². The Morgan fingerprint density at radius 3 is 2.75 bits per heavy atom. The molecule has 1 aromatic heterocycles. The van der Waals surface area contributed by atoms with Crippen molar-refractivity contribution in [2.45, 2.75) is 13.8 Å². The van der Waals surface area contributed by atoms with Gasteiger partial charge in [0.1, 0.15) is 11.5 Å². The Morgan fingerprint density at radius 2 is 2.00 bits per heavy atom. The van der Waals surface area contributed by atoms with E-state index < -0.39 is 0 Å². The monoisotopic (exact) mass is 215 g/mol. The number of aryl methyl sites for hydroxylation is 1. The maximum atomic E-state index is 9.53. The summed E-state index contributed by atoms with van der Waals surface area (Å²) in [5.74, 6) is 1.39. The van der Waals surface area contributed by atoms with Gasteiger partial charge in [0.25, 0.3) is 0 Å². The zero-order valence-corrected chi connectivity index (χ0v) is 9.27. The third-order valence-electron chi connectivity index (χ3n) is 2.36.